The maximum Gasteiger partial charge on any atom is 0.254 e. The van der Waals surface area contributed by atoms with Crippen molar-refractivity contribution >= 4 is 35.1 Å². The number of hydrogen-bond acceptors (Lipinski definition) is 6. The van der Waals surface area contributed by atoms with E-state index in [1.807, 2.05) is 4.90 Å². The van der Waals surface area contributed by atoms with E-state index in [1.165, 1.54) is 0 Å². The molecule has 1 aliphatic rings. The molecule has 1 fully saturated rings. The molecule has 0 bridgehead atoms. The fraction of sp³-hybridized carbons (Fsp3) is 0.318. The van der Waals surface area contributed by atoms with Crippen LogP contribution in [0.25, 0.3) is 11.4 Å². The van der Waals surface area contributed by atoms with Gasteiger partial charge in [0.15, 0.2) is 5.82 Å². The quantitative estimate of drug-likeness (QED) is 0.603. The molecule has 1 aromatic carbocycles. The Hall–Kier alpha value is -2.77. The minimum atomic E-state index is -0.0830. The number of halogens is 2. The van der Waals surface area contributed by atoms with E-state index in [0.717, 1.165) is 12.8 Å². The summed E-state index contributed by atoms with van der Waals surface area (Å²) in [5.41, 5.74) is 1.06. The summed E-state index contributed by atoms with van der Waals surface area (Å²) < 4.78 is 0. The van der Waals surface area contributed by atoms with Crippen molar-refractivity contribution in [1.82, 2.24) is 24.8 Å². The van der Waals surface area contributed by atoms with Crippen LogP contribution in [0.5, 0.6) is 0 Å². The number of piperidine rings is 1. The number of aromatic nitrogens is 4. The van der Waals surface area contributed by atoms with Gasteiger partial charge < -0.3 is 10.2 Å². The smallest absolute Gasteiger partial charge is 0.254 e. The first-order valence-electron chi connectivity index (χ1n) is 10.1. The van der Waals surface area contributed by atoms with E-state index < -0.39 is 0 Å². The van der Waals surface area contributed by atoms with Crippen LogP contribution >= 0.6 is 23.2 Å². The Morgan fingerprint density at radius 3 is 2.61 bits per heavy atom. The highest BCUT2D eigenvalue weighted by Gasteiger charge is 2.34. The second-order valence-corrected chi connectivity index (χ2v) is 8.37. The van der Waals surface area contributed by atoms with Gasteiger partial charge in [-0.15, -0.1) is 0 Å². The molecular weight excluding hydrogens is 435 g/mol. The Balaban J connectivity index is 1.62. The standard InChI is InChI=1S/C22H22Cl2N6O/c1-14-5-3-10-30(18(14)13-29-22-27-11-15(23)12-28-22)21(31)16-6-2-7-17(24)19(16)20-25-8-4-9-26-20/h2,4,6-9,11-12,14,18H,3,5,10,13H2,1H3,(H,27,28,29)/t14-,18?/m1/s1. The number of likely N-dealkylation sites (tertiary alicyclic amines) is 1. The lowest BCUT2D eigenvalue weighted by atomic mass is 9.89. The number of hydrogen-bond donors (Lipinski definition) is 1. The Bertz CT molecular complexity index is 1050. The third kappa shape index (κ3) is 4.78. The molecule has 2 atom stereocenters. The van der Waals surface area contributed by atoms with Crippen LogP contribution < -0.4 is 5.32 Å². The average molecular weight is 457 g/mol. The van der Waals surface area contributed by atoms with Gasteiger partial charge in [-0.2, -0.15) is 0 Å². The van der Waals surface area contributed by atoms with Gasteiger partial charge in [0.1, 0.15) is 0 Å². The van der Waals surface area contributed by atoms with Crippen LogP contribution in [0.3, 0.4) is 0 Å². The molecule has 160 valence electrons. The van der Waals surface area contributed by atoms with Crippen molar-refractivity contribution in [3.8, 4) is 11.4 Å². The summed E-state index contributed by atoms with van der Waals surface area (Å²) in [6, 6.07) is 7.02. The number of carbonyl (C=O) groups is 1. The maximum absolute atomic E-state index is 13.7. The highest BCUT2D eigenvalue weighted by molar-refractivity contribution is 6.34. The Kier molecular flexibility index (Phi) is 6.63. The maximum atomic E-state index is 13.7. The molecule has 31 heavy (non-hydrogen) atoms. The third-order valence-corrected chi connectivity index (χ3v) is 6.01. The molecule has 1 saturated heterocycles. The third-order valence-electron chi connectivity index (χ3n) is 5.50. The lowest BCUT2D eigenvalue weighted by molar-refractivity contribution is 0.0540. The first-order valence-corrected chi connectivity index (χ1v) is 10.9. The Labute approximate surface area is 190 Å². The molecule has 1 aliphatic heterocycles. The number of rotatable bonds is 5. The van der Waals surface area contributed by atoms with E-state index in [9.17, 15) is 4.79 Å². The highest BCUT2D eigenvalue weighted by Crippen LogP contribution is 2.32. The van der Waals surface area contributed by atoms with E-state index in [-0.39, 0.29) is 11.9 Å². The molecule has 4 rings (SSSR count). The van der Waals surface area contributed by atoms with Crippen LogP contribution in [0.4, 0.5) is 5.95 Å². The largest absolute Gasteiger partial charge is 0.352 e. The zero-order valence-electron chi connectivity index (χ0n) is 17.0. The van der Waals surface area contributed by atoms with Crippen molar-refractivity contribution in [3.63, 3.8) is 0 Å². The molecule has 0 saturated carbocycles. The first-order chi connectivity index (χ1) is 15.0. The fourth-order valence-corrected chi connectivity index (χ4v) is 4.28. The van der Waals surface area contributed by atoms with E-state index in [1.54, 1.807) is 49.1 Å². The van der Waals surface area contributed by atoms with Gasteiger partial charge >= 0.3 is 0 Å². The van der Waals surface area contributed by atoms with Crippen LogP contribution in [-0.4, -0.2) is 49.9 Å². The number of anilines is 1. The molecule has 0 radical (unpaired) electrons. The minimum Gasteiger partial charge on any atom is -0.352 e. The van der Waals surface area contributed by atoms with Crippen molar-refractivity contribution in [2.24, 2.45) is 5.92 Å². The topological polar surface area (TPSA) is 83.9 Å². The summed E-state index contributed by atoms with van der Waals surface area (Å²) in [6.07, 6.45) is 8.36. The molecule has 7 nitrogen and oxygen atoms in total. The van der Waals surface area contributed by atoms with Crippen LogP contribution in [0.2, 0.25) is 10.0 Å². The van der Waals surface area contributed by atoms with Gasteiger partial charge in [-0.1, -0.05) is 36.2 Å². The predicted octanol–water partition coefficient (Wildman–Crippen LogP) is 4.59. The van der Waals surface area contributed by atoms with Crippen molar-refractivity contribution in [3.05, 3.63) is 64.7 Å². The number of benzene rings is 1. The zero-order valence-corrected chi connectivity index (χ0v) is 18.5. The number of nitrogens with zero attached hydrogens (tertiary/aromatic N) is 5. The lowest BCUT2D eigenvalue weighted by Crippen LogP contribution is -2.51. The Morgan fingerprint density at radius 1 is 1.13 bits per heavy atom. The molecule has 0 spiro atoms. The molecule has 9 heteroatoms. The number of nitrogens with one attached hydrogen (secondary N) is 1. The zero-order chi connectivity index (χ0) is 21.8. The fourth-order valence-electron chi connectivity index (χ4n) is 3.92. The van der Waals surface area contributed by atoms with Gasteiger partial charge in [-0.25, -0.2) is 19.9 Å². The summed E-state index contributed by atoms with van der Waals surface area (Å²) >= 11 is 12.3. The monoisotopic (exact) mass is 456 g/mol. The summed E-state index contributed by atoms with van der Waals surface area (Å²) in [7, 11) is 0. The van der Waals surface area contributed by atoms with Crippen molar-refractivity contribution in [1.29, 1.82) is 0 Å². The van der Waals surface area contributed by atoms with Gasteiger partial charge in [-0.3, -0.25) is 4.79 Å². The molecule has 1 N–H and O–H groups in total. The summed E-state index contributed by atoms with van der Waals surface area (Å²) in [4.78, 5) is 32.6. The van der Waals surface area contributed by atoms with E-state index >= 15 is 0 Å². The lowest BCUT2D eigenvalue weighted by Gasteiger charge is -2.40. The van der Waals surface area contributed by atoms with Crippen LogP contribution in [0.1, 0.15) is 30.1 Å². The highest BCUT2D eigenvalue weighted by atomic mass is 35.5. The van der Waals surface area contributed by atoms with E-state index in [0.29, 0.717) is 52.0 Å². The summed E-state index contributed by atoms with van der Waals surface area (Å²) in [5, 5.41) is 4.17. The van der Waals surface area contributed by atoms with E-state index in [4.69, 9.17) is 23.2 Å². The van der Waals surface area contributed by atoms with Gasteiger partial charge in [-0.05, 0) is 37.0 Å². The molecule has 3 aromatic rings. The predicted molar refractivity (Wildman–Crippen MR) is 121 cm³/mol. The molecule has 1 unspecified atom stereocenters. The van der Waals surface area contributed by atoms with Gasteiger partial charge in [0.25, 0.3) is 5.91 Å². The van der Waals surface area contributed by atoms with Crippen molar-refractivity contribution in [2.75, 3.05) is 18.4 Å². The van der Waals surface area contributed by atoms with Crippen LogP contribution in [-0.2, 0) is 0 Å². The minimum absolute atomic E-state index is 0.0240. The van der Waals surface area contributed by atoms with Crippen molar-refractivity contribution < 1.29 is 4.79 Å². The van der Waals surface area contributed by atoms with Gasteiger partial charge in [0.2, 0.25) is 5.95 Å². The normalized spacial score (nSPS) is 18.6. The van der Waals surface area contributed by atoms with Crippen LogP contribution in [0.15, 0.2) is 49.1 Å². The summed E-state index contributed by atoms with van der Waals surface area (Å²) in [6.45, 7) is 3.36. The van der Waals surface area contributed by atoms with Gasteiger partial charge in [0, 0.05) is 25.5 Å². The Morgan fingerprint density at radius 2 is 1.87 bits per heavy atom. The average Bonchev–Trinajstić information content (AvgIpc) is 2.79. The number of carbonyl (C=O) groups excluding carboxylic acids is 1. The van der Waals surface area contributed by atoms with Crippen LogP contribution in [0, 0.1) is 5.92 Å². The molecule has 1 amide bonds. The van der Waals surface area contributed by atoms with Crippen molar-refractivity contribution in [2.45, 2.75) is 25.8 Å². The SMILES string of the molecule is C[C@@H]1CCCN(C(=O)c2cccc(Cl)c2-c2ncccn2)C1CNc1ncc(Cl)cn1. The molecular formula is C22H22Cl2N6O. The van der Waals surface area contributed by atoms with Gasteiger partial charge in [0.05, 0.1) is 39.6 Å². The van der Waals surface area contributed by atoms with E-state index in [2.05, 4.69) is 32.2 Å². The first kappa shape index (κ1) is 21.5. The molecule has 0 aliphatic carbocycles. The number of amides is 1. The second kappa shape index (κ2) is 9.58. The summed E-state index contributed by atoms with van der Waals surface area (Å²) in [5.74, 6) is 1.15. The molecule has 2 aromatic heterocycles. The second-order valence-electron chi connectivity index (χ2n) is 7.53. The molecule has 3 heterocycles.